The lowest BCUT2D eigenvalue weighted by Crippen LogP contribution is -2.48. The SMILES string of the molecule is COc1ccc(S(=O)(=O)NCCN2CCN(c3ccccc3F)CC2)c(OC)c1. The van der Waals surface area contributed by atoms with Crippen LogP contribution in [0, 0.1) is 5.82 Å². The summed E-state index contributed by atoms with van der Waals surface area (Å²) in [5, 5.41) is 0. The van der Waals surface area contributed by atoms with Gasteiger partial charge < -0.3 is 14.4 Å². The zero-order valence-corrected chi connectivity index (χ0v) is 17.4. The van der Waals surface area contributed by atoms with E-state index in [1.165, 1.54) is 32.4 Å². The van der Waals surface area contributed by atoms with Crippen LogP contribution in [0.1, 0.15) is 0 Å². The fraction of sp³-hybridized carbons (Fsp3) is 0.400. The minimum Gasteiger partial charge on any atom is -0.497 e. The van der Waals surface area contributed by atoms with Crippen molar-refractivity contribution in [2.75, 3.05) is 58.4 Å². The third-order valence-electron chi connectivity index (χ3n) is 4.95. The first-order valence-corrected chi connectivity index (χ1v) is 10.9. The van der Waals surface area contributed by atoms with Gasteiger partial charge in [0.05, 0.1) is 19.9 Å². The molecule has 7 nitrogen and oxygen atoms in total. The van der Waals surface area contributed by atoms with Gasteiger partial charge in [0.25, 0.3) is 0 Å². The summed E-state index contributed by atoms with van der Waals surface area (Å²) < 4.78 is 52.1. The number of piperazine rings is 1. The summed E-state index contributed by atoms with van der Waals surface area (Å²) in [5.41, 5.74) is 0.611. The molecule has 0 amide bonds. The van der Waals surface area contributed by atoms with E-state index in [0.29, 0.717) is 31.1 Å². The fourth-order valence-corrected chi connectivity index (χ4v) is 4.50. The molecule has 1 aliphatic rings. The summed E-state index contributed by atoms with van der Waals surface area (Å²) >= 11 is 0. The normalized spacial score (nSPS) is 15.3. The molecule has 3 rings (SSSR count). The molecule has 1 heterocycles. The molecule has 158 valence electrons. The highest BCUT2D eigenvalue weighted by molar-refractivity contribution is 7.89. The number of rotatable bonds is 8. The summed E-state index contributed by atoms with van der Waals surface area (Å²) in [6.07, 6.45) is 0. The smallest absolute Gasteiger partial charge is 0.244 e. The van der Waals surface area contributed by atoms with E-state index in [1.807, 2.05) is 11.0 Å². The minimum absolute atomic E-state index is 0.0742. The lowest BCUT2D eigenvalue weighted by atomic mass is 10.2. The van der Waals surface area contributed by atoms with Gasteiger partial charge in [-0.2, -0.15) is 0 Å². The number of methoxy groups -OCH3 is 2. The molecular formula is C20H26FN3O4S. The summed E-state index contributed by atoms with van der Waals surface area (Å²) in [7, 11) is -0.779. The second kappa shape index (κ2) is 9.43. The van der Waals surface area contributed by atoms with Crippen LogP contribution >= 0.6 is 0 Å². The van der Waals surface area contributed by atoms with Crippen LogP contribution < -0.4 is 19.1 Å². The lowest BCUT2D eigenvalue weighted by Gasteiger charge is -2.36. The van der Waals surface area contributed by atoms with E-state index in [4.69, 9.17) is 9.47 Å². The van der Waals surface area contributed by atoms with Crippen molar-refractivity contribution in [3.63, 3.8) is 0 Å². The first-order valence-electron chi connectivity index (χ1n) is 9.38. The predicted octanol–water partition coefficient (Wildman–Crippen LogP) is 1.94. The highest BCUT2D eigenvalue weighted by Gasteiger charge is 2.22. The van der Waals surface area contributed by atoms with Gasteiger partial charge in [-0.3, -0.25) is 4.90 Å². The Hall–Kier alpha value is -2.36. The molecule has 1 N–H and O–H groups in total. The zero-order chi connectivity index (χ0) is 20.9. The molecule has 0 bridgehead atoms. The predicted molar refractivity (Wildman–Crippen MR) is 110 cm³/mol. The number of nitrogens with one attached hydrogen (secondary N) is 1. The quantitative estimate of drug-likeness (QED) is 0.700. The Morgan fingerprint density at radius 2 is 1.76 bits per heavy atom. The molecule has 1 aliphatic heterocycles. The maximum absolute atomic E-state index is 13.9. The minimum atomic E-state index is -3.71. The van der Waals surface area contributed by atoms with Crippen molar-refractivity contribution in [1.82, 2.24) is 9.62 Å². The van der Waals surface area contributed by atoms with E-state index in [1.54, 1.807) is 18.2 Å². The van der Waals surface area contributed by atoms with E-state index < -0.39 is 10.0 Å². The molecule has 1 saturated heterocycles. The number of sulfonamides is 1. The summed E-state index contributed by atoms with van der Waals surface area (Å²) in [6.45, 7) is 3.71. The Morgan fingerprint density at radius 3 is 2.41 bits per heavy atom. The number of nitrogens with zero attached hydrogens (tertiary/aromatic N) is 2. The van der Waals surface area contributed by atoms with Gasteiger partial charge >= 0.3 is 0 Å². The molecular weight excluding hydrogens is 397 g/mol. The van der Waals surface area contributed by atoms with Crippen LogP contribution in [-0.2, 0) is 10.0 Å². The number of benzene rings is 2. The van der Waals surface area contributed by atoms with E-state index >= 15 is 0 Å². The number of anilines is 1. The monoisotopic (exact) mass is 423 g/mol. The Balaban J connectivity index is 1.52. The molecule has 0 unspecified atom stereocenters. The van der Waals surface area contributed by atoms with Gasteiger partial charge in [0.1, 0.15) is 22.2 Å². The van der Waals surface area contributed by atoms with Crippen molar-refractivity contribution in [2.24, 2.45) is 0 Å². The van der Waals surface area contributed by atoms with Gasteiger partial charge in [-0.25, -0.2) is 17.5 Å². The van der Waals surface area contributed by atoms with Crippen LogP contribution in [0.15, 0.2) is 47.4 Å². The fourth-order valence-electron chi connectivity index (χ4n) is 3.33. The van der Waals surface area contributed by atoms with Crippen molar-refractivity contribution in [1.29, 1.82) is 0 Å². The molecule has 2 aromatic rings. The molecule has 0 aliphatic carbocycles. The molecule has 1 fully saturated rings. The third kappa shape index (κ3) is 5.17. The van der Waals surface area contributed by atoms with E-state index in [-0.39, 0.29) is 23.0 Å². The van der Waals surface area contributed by atoms with E-state index in [0.717, 1.165) is 13.1 Å². The highest BCUT2D eigenvalue weighted by Crippen LogP contribution is 2.28. The molecule has 9 heteroatoms. The average molecular weight is 424 g/mol. The van der Waals surface area contributed by atoms with Crippen molar-refractivity contribution >= 4 is 15.7 Å². The number of hydrogen-bond donors (Lipinski definition) is 1. The van der Waals surface area contributed by atoms with Gasteiger partial charge in [-0.15, -0.1) is 0 Å². The van der Waals surface area contributed by atoms with E-state index in [2.05, 4.69) is 9.62 Å². The van der Waals surface area contributed by atoms with Crippen LogP contribution in [0.2, 0.25) is 0 Å². The van der Waals surface area contributed by atoms with Crippen LogP contribution in [0.3, 0.4) is 0 Å². The van der Waals surface area contributed by atoms with Crippen molar-refractivity contribution < 1.29 is 22.3 Å². The topological polar surface area (TPSA) is 71.1 Å². The Labute approximate surface area is 171 Å². The van der Waals surface area contributed by atoms with Gasteiger partial charge in [-0.05, 0) is 24.3 Å². The third-order valence-corrected chi connectivity index (χ3v) is 6.45. The summed E-state index contributed by atoms with van der Waals surface area (Å²) in [6, 6.07) is 11.3. The maximum atomic E-state index is 13.9. The molecule has 29 heavy (non-hydrogen) atoms. The molecule has 0 aromatic heterocycles. The number of hydrogen-bond acceptors (Lipinski definition) is 6. The Bertz CT molecular complexity index is 931. The Kier molecular flexibility index (Phi) is 6.94. The first-order chi connectivity index (χ1) is 13.9. The standard InChI is InChI=1S/C20H26FN3O4S/c1-27-16-7-8-20(19(15-16)28-2)29(25,26)22-9-10-23-11-13-24(14-12-23)18-6-4-3-5-17(18)21/h3-8,15,22H,9-14H2,1-2H3. The molecule has 0 saturated carbocycles. The second-order valence-electron chi connectivity index (χ2n) is 6.69. The highest BCUT2D eigenvalue weighted by atomic mass is 32.2. The van der Waals surface area contributed by atoms with Crippen LogP contribution in [0.25, 0.3) is 0 Å². The molecule has 0 atom stereocenters. The number of para-hydroxylation sites is 1. The van der Waals surface area contributed by atoms with Crippen LogP contribution in [0.5, 0.6) is 11.5 Å². The van der Waals surface area contributed by atoms with Crippen LogP contribution in [-0.4, -0.2) is 66.8 Å². The van der Waals surface area contributed by atoms with Gasteiger partial charge in [0.15, 0.2) is 0 Å². The Morgan fingerprint density at radius 1 is 1.03 bits per heavy atom. The number of ether oxygens (including phenoxy) is 2. The zero-order valence-electron chi connectivity index (χ0n) is 16.6. The van der Waals surface area contributed by atoms with Crippen LogP contribution in [0.4, 0.5) is 10.1 Å². The van der Waals surface area contributed by atoms with Gasteiger partial charge in [0.2, 0.25) is 10.0 Å². The second-order valence-corrected chi connectivity index (χ2v) is 8.43. The first kappa shape index (κ1) is 21.4. The molecule has 0 spiro atoms. The van der Waals surface area contributed by atoms with Crippen molar-refractivity contribution in [3.05, 3.63) is 48.3 Å². The average Bonchev–Trinajstić information content (AvgIpc) is 2.74. The summed E-state index contributed by atoms with van der Waals surface area (Å²) in [5.74, 6) is 0.533. The lowest BCUT2D eigenvalue weighted by molar-refractivity contribution is 0.261. The van der Waals surface area contributed by atoms with Crippen molar-refractivity contribution in [2.45, 2.75) is 4.90 Å². The largest absolute Gasteiger partial charge is 0.497 e. The van der Waals surface area contributed by atoms with Gasteiger partial charge in [0, 0.05) is 45.3 Å². The maximum Gasteiger partial charge on any atom is 0.244 e. The summed E-state index contributed by atoms with van der Waals surface area (Å²) in [4.78, 5) is 4.24. The molecule has 0 radical (unpaired) electrons. The molecule has 2 aromatic carbocycles. The van der Waals surface area contributed by atoms with E-state index in [9.17, 15) is 12.8 Å². The van der Waals surface area contributed by atoms with Crippen molar-refractivity contribution in [3.8, 4) is 11.5 Å². The number of halogens is 1. The van der Waals surface area contributed by atoms with Gasteiger partial charge in [-0.1, -0.05) is 12.1 Å².